The second-order valence-electron chi connectivity index (χ2n) is 3.34. The SMILES string of the molecule is C#CCC.CCC.[CH2]c1ccc(F)cc1C. The lowest BCUT2D eigenvalue weighted by Gasteiger charge is -1.95. The van der Waals surface area contributed by atoms with Gasteiger partial charge in [0.25, 0.3) is 0 Å². The molecule has 1 radical (unpaired) electrons. The van der Waals surface area contributed by atoms with Gasteiger partial charge in [-0.15, -0.1) is 12.3 Å². The van der Waals surface area contributed by atoms with Crippen LogP contribution in [0.4, 0.5) is 4.39 Å². The smallest absolute Gasteiger partial charge is 0.123 e. The van der Waals surface area contributed by atoms with E-state index in [9.17, 15) is 4.39 Å². The summed E-state index contributed by atoms with van der Waals surface area (Å²) >= 11 is 0. The van der Waals surface area contributed by atoms with E-state index >= 15 is 0 Å². The minimum atomic E-state index is -0.195. The van der Waals surface area contributed by atoms with E-state index in [0.717, 1.165) is 17.5 Å². The van der Waals surface area contributed by atoms with Gasteiger partial charge < -0.3 is 0 Å². The van der Waals surface area contributed by atoms with Crippen LogP contribution in [0.5, 0.6) is 0 Å². The highest BCUT2D eigenvalue weighted by molar-refractivity contribution is 5.28. The van der Waals surface area contributed by atoms with Crippen LogP contribution in [0.25, 0.3) is 0 Å². The molecule has 0 bridgehead atoms. The predicted molar refractivity (Wildman–Crippen MR) is 70.7 cm³/mol. The number of hydrogen-bond acceptors (Lipinski definition) is 0. The molecule has 89 valence electrons. The van der Waals surface area contributed by atoms with Crippen molar-refractivity contribution < 1.29 is 4.39 Å². The van der Waals surface area contributed by atoms with E-state index in [1.165, 1.54) is 18.6 Å². The monoisotopic (exact) mass is 221 g/mol. The van der Waals surface area contributed by atoms with Crippen LogP contribution in [0.3, 0.4) is 0 Å². The standard InChI is InChI=1S/C8H8F.C4H6.C3H8/c1-6-3-4-8(9)5-7(6)2;1-3-4-2;1-3-2/h3-5H,1H2,2H3;1H,4H2,2H3;3H2,1-2H3. The average Bonchev–Trinajstić information content (AvgIpc) is 2.25. The Morgan fingerprint density at radius 3 is 2.00 bits per heavy atom. The zero-order valence-electron chi connectivity index (χ0n) is 10.8. The maximum absolute atomic E-state index is 12.3. The van der Waals surface area contributed by atoms with Gasteiger partial charge in [0.05, 0.1) is 0 Å². The number of hydrogen-bond donors (Lipinski definition) is 0. The van der Waals surface area contributed by atoms with Crippen molar-refractivity contribution in [3.63, 3.8) is 0 Å². The van der Waals surface area contributed by atoms with Crippen LogP contribution < -0.4 is 0 Å². The van der Waals surface area contributed by atoms with Gasteiger partial charge in [-0.05, 0) is 37.1 Å². The molecule has 0 nitrogen and oxygen atoms in total. The fourth-order valence-corrected chi connectivity index (χ4v) is 0.659. The van der Waals surface area contributed by atoms with Gasteiger partial charge >= 0.3 is 0 Å². The van der Waals surface area contributed by atoms with Crippen LogP contribution in [0.2, 0.25) is 0 Å². The molecule has 0 spiro atoms. The molecule has 0 aromatic heterocycles. The van der Waals surface area contributed by atoms with Gasteiger partial charge in [-0.25, -0.2) is 4.39 Å². The molecule has 0 aliphatic carbocycles. The number of rotatable bonds is 0. The summed E-state index contributed by atoms with van der Waals surface area (Å²) in [4.78, 5) is 0. The molecular weight excluding hydrogens is 199 g/mol. The van der Waals surface area contributed by atoms with Crippen molar-refractivity contribution in [1.82, 2.24) is 0 Å². The first-order valence-corrected chi connectivity index (χ1v) is 5.54. The molecule has 0 N–H and O–H groups in total. The summed E-state index contributed by atoms with van der Waals surface area (Å²) in [6.45, 7) is 11.7. The lowest BCUT2D eigenvalue weighted by Crippen LogP contribution is -1.80. The molecule has 1 heteroatoms. The van der Waals surface area contributed by atoms with E-state index in [-0.39, 0.29) is 5.82 Å². The molecule has 0 aliphatic rings. The van der Waals surface area contributed by atoms with E-state index in [1.54, 1.807) is 6.07 Å². The minimum absolute atomic E-state index is 0.195. The number of aryl methyl sites for hydroxylation is 1. The Balaban J connectivity index is 0. The summed E-state index contributed by atoms with van der Waals surface area (Å²) < 4.78 is 12.3. The summed E-state index contributed by atoms with van der Waals surface area (Å²) in [7, 11) is 0. The first-order chi connectivity index (χ1) is 7.53. The maximum Gasteiger partial charge on any atom is 0.123 e. The van der Waals surface area contributed by atoms with Crippen molar-refractivity contribution in [2.45, 2.75) is 40.5 Å². The molecule has 0 amide bonds. The molecule has 0 heterocycles. The first kappa shape index (κ1) is 17.1. The lowest BCUT2D eigenvalue weighted by molar-refractivity contribution is 0.626. The van der Waals surface area contributed by atoms with Crippen molar-refractivity contribution in [3.8, 4) is 12.3 Å². The van der Waals surface area contributed by atoms with Crippen LogP contribution in [0.15, 0.2) is 18.2 Å². The fourth-order valence-electron chi connectivity index (χ4n) is 0.659. The van der Waals surface area contributed by atoms with Gasteiger partial charge in [0, 0.05) is 6.42 Å². The van der Waals surface area contributed by atoms with Crippen molar-refractivity contribution in [2.24, 2.45) is 0 Å². The van der Waals surface area contributed by atoms with E-state index in [0.29, 0.717) is 0 Å². The Morgan fingerprint density at radius 2 is 1.75 bits per heavy atom. The van der Waals surface area contributed by atoms with Gasteiger partial charge in [-0.1, -0.05) is 33.3 Å². The van der Waals surface area contributed by atoms with Gasteiger partial charge in [-0.2, -0.15) is 0 Å². The van der Waals surface area contributed by atoms with Crippen LogP contribution in [-0.2, 0) is 0 Å². The second-order valence-corrected chi connectivity index (χ2v) is 3.34. The molecule has 0 atom stereocenters. The third kappa shape index (κ3) is 10.8. The summed E-state index contributed by atoms with van der Waals surface area (Å²) in [6, 6.07) is 4.56. The fraction of sp³-hybridized carbons (Fsp3) is 0.400. The van der Waals surface area contributed by atoms with E-state index in [4.69, 9.17) is 6.42 Å². The molecular formula is C15H22F. The minimum Gasteiger partial charge on any atom is -0.207 e. The zero-order chi connectivity index (χ0) is 13.0. The van der Waals surface area contributed by atoms with E-state index in [1.807, 2.05) is 13.8 Å². The normalized spacial score (nSPS) is 7.81. The van der Waals surface area contributed by atoms with Crippen LogP contribution in [0, 0.1) is 32.0 Å². The summed E-state index contributed by atoms with van der Waals surface area (Å²) in [6.07, 6.45) is 6.88. The molecule has 0 aliphatic heterocycles. The van der Waals surface area contributed by atoms with Gasteiger partial charge in [0.2, 0.25) is 0 Å². The Labute approximate surface area is 99.9 Å². The van der Waals surface area contributed by atoms with Crippen LogP contribution >= 0.6 is 0 Å². The van der Waals surface area contributed by atoms with E-state index in [2.05, 4.69) is 26.7 Å². The molecule has 0 saturated heterocycles. The van der Waals surface area contributed by atoms with Crippen molar-refractivity contribution >= 4 is 0 Å². The molecule has 1 aromatic rings. The first-order valence-electron chi connectivity index (χ1n) is 5.54. The Hall–Kier alpha value is -1.29. The number of benzene rings is 1. The third-order valence-electron chi connectivity index (χ3n) is 1.51. The number of terminal acetylenes is 1. The zero-order valence-corrected chi connectivity index (χ0v) is 10.8. The van der Waals surface area contributed by atoms with Crippen molar-refractivity contribution in [1.29, 1.82) is 0 Å². The topological polar surface area (TPSA) is 0 Å². The van der Waals surface area contributed by atoms with Crippen LogP contribution in [0.1, 0.15) is 44.7 Å². The summed E-state index contributed by atoms with van der Waals surface area (Å²) in [5.74, 6) is 2.24. The molecule has 0 saturated carbocycles. The van der Waals surface area contributed by atoms with Gasteiger partial charge in [0.15, 0.2) is 0 Å². The summed E-state index contributed by atoms with van der Waals surface area (Å²) in [5, 5.41) is 0. The van der Waals surface area contributed by atoms with Gasteiger partial charge in [0.1, 0.15) is 5.82 Å². The predicted octanol–water partition coefficient (Wildman–Crippen LogP) is 4.76. The quantitative estimate of drug-likeness (QED) is 0.554. The highest BCUT2D eigenvalue weighted by Crippen LogP contribution is 2.07. The molecule has 0 unspecified atom stereocenters. The number of halogens is 1. The Bertz CT molecular complexity index is 308. The molecule has 0 fully saturated rings. The van der Waals surface area contributed by atoms with Crippen molar-refractivity contribution in [2.75, 3.05) is 0 Å². The van der Waals surface area contributed by atoms with Gasteiger partial charge in [-0.3, -0.25) is 0 Å². The second kappa shape index (κ2) is 11.8. The Morgan fingerprint density at radius 1 is 1.31 bits per heavy atom. The summed E-state index contributed by atoms with van der Waals surface area (Å²) in [5.41, 5.74) is 1.78. The van der Waals surface area contributed by atoms with E-state index < -0.39 is 0 Å². The lowest BCUT2D eigenvalue weighted by atomic mass is 10.1. The molecule has 1 rings (SSSR count). The largest absolute Gasteiger partial charge is 0.207 e. The maximum atomic E-state index is 12.3. The highest BCUT2D eigenvalue weighted by atomic mass is 19.1. The Kier molecular flexibility index (Phi) is 12.6. The third-order valence-corrected chi connectivity index (χ3v) is 1.51. The van der Waals surface area contributed by atoms with Crippen LogP contribution in [-0.4, -0.2) is 0 Å². The van der Waals surface area contributed by atoms with Crippen molar-refractivity contribution in [3.05, 3.63) is 42.1 Å². The molecule has 1 aromatic carbocycles. The highest BCUT2D eigenvalue weighted by Gasteiger charge is 1.91. The average molecular weight is 221 g/mol. The molecule has 16 heavy (non-hydrogen) atoms.